The van der Waals surface area contributed by atoms with Crippen LogP contribution >= 0.6 is 11.8 Å². The summed E-state index contributed by atoms with van der Waals surface area (Å²) in [6, 6.07) is 7.67. The van der Waals surface area contributed by atoms with Gasteiger partial charge in [0, 0.05) is 10.5 Å². The molecule has 0 aliphatic heterocycles. The summed E-state index contributed by atoms with van der Waals surface area (Å²) >= 11 is 1.61. The van der Waals surface area contributed by atoms with Crippen LogP contribution in [-0.4, -0.2) is 27.5 Å². The highest BCUT2D eigenvalue weighted by Gasteiger charge is 2.13. The van der Waals surface area contributed by atoms with E-state index in [0.29, 0.717) is 5.69 Å². The molecule has 0 bridgehead atoms. The summed E-state index contributed by atoms with van der Waals surface area (Å²) in [5.74, 6) is -0.974. The van der Waals surface area contributed by atoms with E-state index in [1.807, 2.05) is 30.5 Å². The van der Waals surface area contributed by atoms with Crippen molar-refractivity contribution in [3.05, 3.63) is 36.0 Å². The molecule has 16 heavy (non-hydrogen) atoms. The molecule has 0 spiro atoms. The van der Waals surface area contributed by atoms with Crippen molar-refractivity contribution in [3.8, 4) is 11.3 Å². The topological polar surface area (TPSA) is 66.0 Å². The van der Waals surface area contributed by atoms with Crippen LogP contribution in [0.25, 0.3) is 11.3 Å². The fraction of sp³-hybridized carbons (Fsp3) is 0.0909. The van der Waals surface area contributed by atoms with Crippen molar-refractivity contribution in [2.75, 3.05) is 6.26 Å². The predicted octanol–water partition coefficient (Wildman–Crippen LogP) is 2.50. The smallest absolute Gasteiger partial charge is 0.339 e. The van der Waals surface area contributed by atoms with Gasteiger partial charge < -0.3 is 5.11 Å². The van der Waals surface area contributed by atoms with E-state index < -0.39 is 5.97 Å². The number of aromatic carboxylic acids is 1. The molecule has 5 heteroatoms. The summed E-state index contributed by atoms with van der Waals surface area (Å²) in [7, 11) is 0. The molecule has 82 valence electrons. The minimum absolute atomic E-state index is 0.193. The predicted molar refractivity (Wildman–Crippen MR) is 62.8 cm³/mol. The molecule has 1 aromatic carbocycles. The number of nitrogens with zero attached hydrogens (tertiary/aromatic N) is 1. The largest absolute Gasteiger partial charge is 0.478 e. The van der Waals surface area contributed by atoms with Crippen LogP contribution in [-0.2, 0) is 0 Å². The van der Waals surface area contributed by atoms with Crippen LogP contribution in [0.15, 0.2) is 35.4 Å². The van der Waals surface area contributed by atoms with Gasteiger partial charge in [0.05, 0.1) is 11.9 Å². The number of hydrogen-bond donors (Lipinski definition) is 2. The number of carboxylic acid groups (broad SMARTS) is 1. The molecule has 0 radical (unpaired) electrons. The molecule has 0 atom stereocenters. The van der Waals surface area contributed by atoms with Crippen molar-refractivity contribution >= 4 is 17.7 Å². The van der Waals surface area contributed by atoms with Gasteiger partial charge >= 0.3 is 5.97 Å². The van der Waals surface area contributed by atoms with Crippen LogP contribution < -0.4 is 0 Å². The Morgan fingerprint density at radius 2 is 2.31 bits per heavy atom. The number of hydrogen-bond acceptors (Lipinski definition) is 3. The molecule has 0 fully saturated rings. The molecule has 0 unspecified atom stereocenters. The fourth-order valence-corrected chi connectivity index (χ4v) is 1.91. The zero-order valence-corrected chi connectivity index (χ0v) is 9.41. The summed E-state index contributed by atoms with van der Waals surface area (Å²) in [5.41, 5.74) is 1.57. The maximum atomic E-state index is 10.9. The van der Waals surface area contributed by atoms with Crippen LogP contribution in [0.3, 0.4) is 0 Å². The first-order chi connectivity index (χ1) is 7.72. The number of benzene rings is 1. The molecule has 1 heterocycles. The molecular weight excluding hydrogens is 224 g/mol. The van der Waals surface area contributed by atoms with Crippen molar-refractivity contribution in [3.63, 3.8) is 0 Å². The van der Waals surface area contributed by atoms with Crippen molar-refractivity contribution in [2.45, 2.75) is 4.90 Å². The maximum Gasteiger partial charge on any atom is 0.339 e. The molecule has 1 aromatic heterocycles. The molecular formula is C11H10N2O2S. The number of H-pyrrole nitrogens is 1. The normalized spacial score (nSPS) is 10.3. The van der Waals surface area contributed by atoms with Gasteiger partial charge in [-0.1, -0.05) is 12.1 Å². The fourth-order valence-electron chi connectivity index (χ4n) is 1.45. The van der Waals surface area contributed by atoms with Crippen LogP contribution in [0.1, 0.15) is 10.4 Å². The highest BCUT2D eigenvalue weighted by molar-refractivity contribution is 7.98. The lowest BCUT2D eigenvalue weighted by Crippen LogP contribution is -1.96. The number of carboxylic acids is 1. The average molecular weight is 234 g/mol. The lowest BCUT2D eigenvalue weighted by atomic mass is 10.1. The average Bonchev–Trinajstić information content (AvgIpc) is 2.78. The summed E-state index contributed by atoms with van der Waals surface area (Å²) in [5, 5.41) is 15.5. The molecule has 0 aliphatic carbocycles. The van der Waals surface area contributed by atoms with Crippen LogP contribution in [0.4, 0.5) is 0 Å². The minimum atomic E-state index is -0.974. The first-order valence-electron chi connectivity index (χ1n) is 4.63. The number of aromatic amines is 1. The van der Waals surface area contributed by atoms with E-state index in [1.54, 1.807) is 11.8 Å². The number of carbonyl (C=O) groups is 1. The lowest BCUT2D eigenvalue weighted by Gasteiger charge is -2.02. The summed E-state index contributed by atoms with van der Waals surface area (Å²) in [6.07, 6.45) is 3.30. The van der Waals surface area contributed by atoms with E-state index in [0.717, 1.165) is 10.5 Å². The van der Waals surface area contributed by atoms with Crippen molar-refractivity contribution in [2.24, 2.45) is 0 Å². The van der Waals surface area contributed by atoms with E-state index in [4.69, 9.17) is 5.11 Å². The maximum absolute atomic E-state index is 10.9. The van der Waals surface area contributed by atoms with E-state index in [1.165, 1.54) is 6.20 Å². The zero-order valence-electron chi connectivity index (χ0n) is 8.60. The third-order valence-corrected chi connectivity index (χ3v) is 2.95. The van der Waals surface area contributed by atoms with Crippen molar-refractivity contribution < 1.29 is 9.90 Å². The molecule has 2 N–H and O–H groups in total. The second-order valence-corrected chi connectivity index (χ2v) is 4.08. The van der Waals surface area contributed by atoms with E-state index >= 15 is 0 Å². The SMILES string of the molecule is CSc1cccc(-c2[nH]ncc2C(=O)O)c1. The monoisotopic (exact) mass is 234 g/mol. The number of rotatable bonds is 3. The third-order valence-electron chi connectivity index (χ3n) is 2.23. The van der Waals surface area contributed by atoms with Gasteiger partial charge in [0.25, 0.3) is 0 Å². The summed E-state index contributed by atoms with van der Waals surface area (Å²) < 4.78 is 0. The Labute approximate surface area is 96.7 Å². The van der Waals surface area contributed by atoms with Gasteiger partial charge in [0.15, 0.2) is 0 Å². The molecule has 0 saturated heterocycles. The highest BCUT2D eigenvalue weighted by atomic mass is 32.2. The molecule has 0 aliphatic rings. The lowest BCUT2D eigenvalue weighted by molar-refractivity contribution is 0.0698. The molecule has 0 amide bonds. The summed E-state index contributed by atoms with van der Waals surface area (Å²) in [4.78, 5) is 12.0. The van der Waals surface area contributed by atoms with Gasteiger partial charge in [0.1, 0.15) is 5.56 Å². The molecule has 2 rings (SSSR count). The number of nitrogens with one attached hydrogen (secondary N) is 1. The van der Waals surface area contributed by atoms with Gasteiger partial charge in [-0.3, -0.25) is 5.10 Å². The van der Waals surface area contributed by atoms with Gasteiger partial charge in [-0.15, -0.1) is 11.8 Å². The first-order valence-corrected chi connectivity index (χ1v) is 5.86. The highest BCUT2D eigenvalue weighted by Crippen LogP contribution is 2.25. The van der Waals surface area contributed by atoms with Gasteiger partial charge in [-0.2, -0.15) is 5.10 Å². The zero-order chi connectivity index (χ0) is 11.5. The van der Waals surface area contributed by atoms with Gasteiger partial charge in [-0.25, -0.2) is 4.79 Å². The Bertz CT molecular complexity index is 522. The molecule has 2 aromatic rings. The Morgan fingerprint density at radius 3 is 3.00 bits per heavy atom. The van der Waals surface area contributed by atoms with Crippen molar-refractivity contribution in [1.82, 2.24) is 10.2 Å². The van der Waals surface area contributed by atoms with Gasteiger partial charge in [-0.05, 0) is 18.4 Å². The van der Waals surface area contributed by atoms with E-state index in [-0.39, 0.29) is 5.56 Å². The van der Waals surface area contributed by atoms with Crippen molar-refractivity contribution in [1.29, 1.82) is 0 Å². The number of aromatic nitrogens is 2. The third kappa shape index (κ3) is 1.94. The molecule has 0 saturated carbocycles. The van der Waals surface area contributed by atoms with Gasteiger partial charge in [0.2, 0.25) is 0 Å². The Hall–Kier alpha value is -1.75. The quantitative estimate of drug-likeness (QED) is 0.801. The second-order valence-electron chi connectivity index (χ2n) is 3.20. The van der Waals surface area contributed by atoms with Crippen LogP contribution in [0.2, 0.25) is 0 Å². The van der Waals surface area contributed by atoms with E-state index in [9.17, 15) is 4.79 Å². The number of thioether (sulfide) groups is 1. The Kier molecular flexibility index (Phi) is 2.96. The Morgan fingerprint density at radius 1 is 1.50 bits per heavy atom. The first kappa shape index (κ1) is 10.8. The summed E-state index contributed by atoms with van der Waals surface area (Å²) in [6.45, 7) is 0. The molecule has 4 nitrogen and oxygen atoms in total. The van der Waals surface area contributed by atoms with E-state index in [2.05, 4.69) is 10.2 Å². The van der Waals surface area contributed by atoms with Crippen LogP contribution in [0.5, 0.6) is 0 Å². The minimum Gasteiger partial charge on any atom is -0.478 e. The van der Waals surface area contributed by atoms with Crippen LogP contribution in [0, 0.1) is 0 Å². The standard InChI is InChI=1S/C11H10N2O2S/c1-16-8-4-2-3-7(5-8)10-9(11(14)15)6-12-13-10/h2-6H,1H3,(H,12,13)(H,14,15). The second kappa shape index (κ2) is 4.40. The Balaban J connectivity index is 2.50.